The number of carbonyl (C=O) groups is 3. The Morgan fingerprint density at radius 1 is 1.12 bits per heavy atom. The molecule has 2 heterocycles. The molecule has 2 atom stereocenters. The summed E-state index contributed by atoms with van der Waals surface area (Å²) in [5.74, 6) is -3.39. The molecule has 0 bridgehead atoms. The highest BCUT2D eigenvalue weighted by Gasteiger charge is 2.45. The largest absolute Gasteiger partial charge is 0.473 e. The first-order valence-corrected chi connectivity index (χ1v) is 10.9. The van der Waals surface area contributed by atoms with Crippen molar-refractivity contribution in [2.45, 2.75) is 57.8 Å². The van der Waals surface area contributed by atoms with Gasteiger partial charge in [-0.15, -0.1) is 0 Å². The predicted octanol–water partition coefficient (Wildman–Crippen LogP) is 3.20. The average molecular weight is 454 g/mol. The third-order valence-corrected chi connectivity index (χ3v) is 6.10. The van der Waals surface area contributed by atoms with Gasteiger partial charge in [-0.2, -0.15) is 0 Å². The molecule has 2 saturated heterocycles. The molecule has 9 heteroatoms. The number of likely N-dealkylation sites (tertiary alicyclic amines) is 1. The van der Waals surface area contributed by atoms with Gasteiger partial charge in [0.25, 0.3) is 0 Å². The fraction of sp³-hybridized carbons (Fsp3) is 0.609. The highest BCUT2D eigenvalue weighted by Crippen LogP contribution is 2.40. The summed E-state index contributed by atoms with van der Waals surface area (Å²) in [5.41, 5.74) is 0.562. The minimum atomic E-state index is -1.82. The number of Topliss-reactive ketones (excluding diaryl/α,β-unsaturated/α-hetero) is 1. The minimum absolute atomic E-state index is 0.0349. The van der Waals surface area contributed by atoms with Gasteiger partial charge in [-0.05, 0) is 63.4 Å². The van der Waals surface area contributed by atoms with E-state index in [1.807, 2.05) is 6.92 Å². The number of halogens is 1. The number of piperidine rings is 1. The van der Waals surface area contributed by atoms with Gasteiger partial charge in [0.15, 0.2) is 12.1 Å². The molecule has 1 aromatic rings. The van der Waals surface area contributed by atoms with E-state index < -0.39 is 11.9 Å². The first-order chi connectivity index (χ1) is 15.2. The number of hydrogen-bond donors (Lipinski definition) is 2. The second kappa shape index (κ2) is 12.0. The molecule has 2 N–H and O–H groups in total. The number of ether oxygens (including phenoxy) is 2. The summed E-state index contributed by atoms with van der Waals surface area (Å²) in [6.45, 7) is 7.93. The molecule has 8 nitrogen and oxygen atoms in total. The Labute approximate surface area is 187 Å². The molecule has 2 aliphatic rings. The van der Waals surface area contributed by atoms with Crippen LogP contribution < -0.4 is 0 Å². The van der Waals surface area contributed by atoms with Crippen LogP contribution in [0.25, 0.3) is 0 Å². The summed E-state index contributed by atoms with van der Waals surface area (Å²) in [6, 6.07) is 5.82. The number of nitrogens with zero attached hydrogens (tertiary/aromatic N) is 1. The van der Waals surface area contributed by atoms with Gasteiger partial charge < -0.3 is 24.6 Å². The van der Waals surface area contributed by atoms with Crippen LogP contribution in [0.3, 0.4) is 0 Å². The minimum Gasteiger partial charge on any atom is -0.473 e. The Hall–Kier alpha value is -2.36. The maximum atomic E-state index is 12.9. The van der Waals surface area contributed by atoms with Crippen molar-refractivity contribution < 1.29 is 38.5 Å². The van der Waals surface area contributed by atoms with Crippen LogP contribution in [0.15, 0.2) is 24.3 Å². The summed E-state index contributed by atoms with van der Waals surface area (Å²) in [7, 11) is 0. The molecule has 2 aliphatic heterocycles. The number of aliphatic carboxylic acids is 2. The van der Waals surface area contributed by atoms with E-state index in [2.05, 4.69) is 11.8 Å². The van der Waals surface area contributed by atoms with Gasteiger partial charge in [-0.3, -0.25) is 4.79 Å². The Balaban J connectivity index is 0.000000534. The van der Waals surface area contributed by atoms with Gasteiger partial charge in [-0.1, -0.05) is 6.92 Å². The van der Waals surface area contributed by atoms with Crippen molar-refractivity contribution in [3.8, 4) is 0 Å². The highest BCUT2D eigenvalue weighted by molar-refractivity contribution is 6.27. The lowest BCUT2D eigenvalue weighted by atomic mass is 9.77. The zero-order valence-corrected chi connectivity index (χ0v) is 18.6. The van der Waals surface area contributed by atoms with Crippen molar-refractivity contribution in [2.24, 2.45) is 5.92 Å². The van der Waals surface area contributed by atoms with Gasteiger partial charge in [0.05, 0.1) is 12.2 Å². The lowest BCUT2D eigenvalue weighted by molar-refractivity contribution is -0.286. The lowest BCUT2D eigenvalue weighted by Gasteiger charge is -2.50. The SMILES string of the molecule is CCC1COC(C)OC12CCN(CCCC(=O)c1ccc(F)cc1)CC2.O=C(O)C(=O)O. The number of ketones is 1. The first kappa shape index (κ1) is 25.9. The Kier molecular flexibility index (Phi) is 9.74. The molecular weight excluding hydrogens is 421 g/mol. The molecule has 1 spiro atoms. The van der Waals surface area contributed by atoms with Crippen LogP contribution in [0.4, 0.5) is 4.39 Å². The molecule has 0 aliphatic carbocycles. The van der Waals surface area contributed by atoms with Crippen molar-refractivity contribution in [1.29, 1.82) is 0 Å². The van der Waals surface area contributed by atoms with Crippen molar-refractivity contribution in [2.75, 3.05) is 26.2 Å². The number of rotatable bonds is 6. The summed E-state index contributed by atoms with van der Waals surface area (Å²) < 4.78 is 24.9. The lowest BCUT2D eigenvalue weighted by Crippen LogP contribution is -2.56. The molecule has 178 valence electrons. The quantitative estimate of drug-likeness (QED) is 0.499. The second-order valence-electron chi connectivity index (χ2n) is 8.17. The van der Waals surface area contributed by atoms with E-state index in [1.165, 1.54) is 12.1 Å². The summed E-state index contributed by atoms with van der Waals surface area (Å²) in [4.78, 5) is 32.8. The van der Waals surface area contributed by atoms with Crippen molar-refractivity contribution >= 4 is 17.7 Å². The zero-order chi connectivity index (χ0) is 23.7. The molecule has 0 saturated carbocycles. The van der Waals surface area contributed by atoms with Gasteiger partial charge >= 0.3 is 11.9 Å². The van der Waals surface area contributed by atoms with Crippen molar-refractivity contribution in [3.63, 3.8) is 0 Å². The van der Waals surface area contributed by atoms with Crippen LogP contribution in [-0.4, -0.2) is 71.0 Å². The third kappa shape index (κ3) is 7.36. The number of hydrogen-bond acceptors (Lipinski definition) is 6. The van der Waals surface area contributed by atoms with Crippen molar-refractivity contribution in [1.82, 2.24) is 4.90 Å². The smallest absolute Gasteiger partial charge is 0.414 e. The Bertz CT molecular complexity index is 763. The molecule has 2 unspecified atom stereocenters. The van der Waals surface area contributed by atoms with Crippen LogP contribution in [0, 0.1) is 11.7 Å². The van der Waals surface area contributed by atoms with Crippen LogP contribution >= 0.6 is 0 Å². The second-order valence-corrected chi connectivity index (χ2v) is 8.17. The topological polar surface area (TPSA) is 113 Å². The highest BCUT2D eigenvalue weighted by atomic mass is 19.1. The monoisotopic (exact) mass is 453 g/mol. The van der Waals surface area contributed by atoms with Gasteiger partial charge in [0, 0.05) is 31.0 Å². The molecule has 0 radical (unpaired) electrons. The maximum absolute atomic E-state index is 12.9. The average Bonchev–Trinajstić information content (AvgIpc) is 2.76. The van der Waals surface area contributed by atoms with E-state index in [9.17, 15) is 9.18 Å². The van der Waals surface area contributed by atoms with E-state index in [1.54, 1.807) is 12.1 Å². The number of carbonyl (C=O) groups excluding carboxylic acids is 1. The maximum Gasteiger partial charge on any atom is 0.414 e. The van der Waals surface area contributed by atoms with Crippen LogP contribution in [0.1, 0.15) is 56.3 Å². The van der Waals surface area contributed by atoms with Gasteiger partial charge in [-0.25, -0.2) is 14.0 Å². The van der Waals surface area contributed by atoms with E-state index in [-0.39, 0.29) is 23.5 Å². The Morgan fingerprint density at radius 3 is 2.25 bits per heavy atom. The predicted molar refractivity (Wildman–Crippen MR) is 114 cm³/mol. The standard InChI is InChI=1S/C21H30FNO3.C2H2O4/c1-3-18-15-25-16(2)26-21(18)10-13-23(14-11-21)12-4-5-20(24)17-6-8-19(22)9-7-17;3-1(4)2(5)6/h6-9,16,18H,3-5,10-15H2,1-2H3;(H,3,4)(H,5,6). The van der Waals surface area contributed by atoms with E-state index in [0.717, 1.165) is 51.9 Å². The molecule has 3 rings (SSSR count). The fourth-order valence-corrected chi connectivity index (χ4v) is 4.28. The van der Waals surface area contributed by atoms with E-state index in [4.69, 9.17) is 29.3 Å². The summed E-state index contributed by atoms with van der Waals surface area (Å²) in [5, 5.41) is 14.8. The van der Waals surface area contributed by atoms with E-state index in [0.29, 0.717) is 17.9 Å². The molecule has 1 aromatic carbocycles. The van der Waals surface area contributed by atoms with Gasteiger partial charge in [0.2, 0.25) is 0 Å². The Morgan fingerprint density at radius 2 is 1.72 bits per heavy atom. The van der Waals surface area contributed by atoms with Crippen LogP contribution in [0.5, 0.6) is 0 Å². The molecular formula is C23H32FNO7. The number of carboxylic acid groups (broad SMARTS) is 2. The molecule has 2 fully saturated rings. The normalized spacial score (nSPS) is 22.6. The van der Waals surface area contributed by atoms with E-state index >= 15 is 0 Å². The summed E-state index contributed by atoms with van der Waals surface area (Å²) >= 11 is 0. The first-order valence-electron chi connectivity index (χ1n) is 10.9. The zero-order valence-electron chi connectivity index (χ0n) is 18.6. The third-order valence-electron chi connectivity index (χ3n) is 6.10. The molecule has 32 heavy (non-hydrogen) atoms. The fourth-order valence-electron chi connectivity index (χ4n) is 4.28. The van der Waals surface area contributed by atoms with Gasteiger partial charge in [0.1, 0.15) is 5.82 Å². The molecule has 0 aromatic heterocycles. The summed E-state index contributed by atoms with van der Waals surface area (Å²) in [6.07, 6.45) is 4.37. The van der Waals surface area contributed by atoms with Crippen LogP contribution in [0.2, 0.25) is 0 Å². The number of benzene rings is 1. The molecule has 0 amide bonds. The number of carboxylic acids is 2. The van der Waals surface area contributed by atoms with Crippen molar-refractivity contribution in [3.05, 3.63) is 35.6 Å². The van der Waals surface area contributed by atoms with Crippen LogP contribution in [-0.2, 0) is 19.1 Å².